The van der Waals surface area contributed by atoms with Gasteiger partial charge in [-0.3, -0.25) is 4.79 Å². The Balaban J connectivity index is 1.53. The van der Waals surface area contributed by atoms with E-state index >= 15 is 0 Å². The maximum atomic E-state index is 12.4. The van der Waals surface area contributed by atoms with Gasteiger partial charge in [-0.25, -0.2) is 13.1 Å². The topological polar surface area (TPSA) is 83.5 Å². The van der Waals surface area contributed by atoms with Crippen LogP contribution in [0.15, 0.2) is 47.4 Å². The standard InChI is InChI=1S/C21H24ClNO4S/c22-19-7-9-20(10-8-19)28(26,27)23-14-16-12-17-6-5-15(11-18(17)13-16)3-1-2-4-21(24)25/h5-11,16,23H,1-4,12-14H2,(H,24,25). The SMILES string of the molecule is O=C(O)CCCCc1ccc2c(c1)CC(CNS(=O)(=O)c1ccc(Cl)cc1)C2. The van der Waals surface area contributed by atoms with E-state index in [1.165, 1.54) is 28.8 Å². The van der Waals surface area contributed by atoms with Crippen LogP contribution in [0.4, 0.5) is 0 Å². The number of fused-ring (bicyclic) bond motifs is 1. The number of hydrogen-bond acceptors (Lipinski definition) is 3. The summed E-state index contributed by atoms with van der Waals surface area (Å²) in [6.07, 6.45) is 4.32. The second kappa shape index (κ2) is 9.07. The first-order chi connectivity index (χ1) is 13.3. The minimum Gasteiger partial charge on any atom is -0.481 e. The number of carbonyl (C=O) groups is 1. The zero-order valence-corrected chi connectivity index (χ0v) is 17.1. The van der Waals surface area contributed by atoms with Crippen molar-refractivity contribution in [3.63, 3.8) is 0 Å². The highest BCUT2D eigenvalue weighted by Gasteiger charge is 2.24. The Bertz CT molecular complexity index is 941. The predicted octanol–water partition coefficient (Wildman–Crippen LogP) is 3.83. The van der Waals surface area contributed by atoms with E-state index in [1.807, 2.05) is 0 Å². The van der Waals surface area contributed by atoms with E-state index in [0.717, 1.165) is 25.7 Å². The molecule has 1 aliphatic carbocycles. The highest BCUT2D eigenvalue weighted by molar-refractivity contribution is 7.89. The quantitative estimate of drug-likeness (QED) is 0.602. The third-order valence-electron chi connectivity index (χ3n) is 5.08. The van der Waals surface area contributed by atoms with Gasteiger partial charge in [0.05, 0.1) is 4.90 Å². The predicted molar refractivity (Wildman–Crippen MR) is 109 cm³/mol. The molecule has 1 atom stereocenters. The number of hydrogen-bond donors (Lipinski definition) is 2. The van der Waals surface area contributed by atoms with Gasteiger partial charge in [0, 0.05) is 18.0 Å². The maximum Gasteiger partial charge on any atom is 0.303 e. The summed E-state index contributed by atoms with van der Waals surface area (Å²) in [6.45, 7) is 0.396. The first-order valence-corrected chi connectivity index (χ1v) is 11.3. The van der Waals surface area contributed by atoms with Crippen LogP contribution in [0.1, 0.15) is 36.0 Å². The molecule has 2 N–H and O–H groups in total. The molecular weight excluding hydrogens is 398 g/mol. The largest absolute Gasteiger partial charge is 0.481 e. The molecule has 2 aromatic rings. The van der Waals surface area contributed by atoms with Gasteiger partial charge in [-0.2, -0.15) is 0 Å². The number of carboxylic acids is 1. The lowest BCUT2D eigenvalue weighted by molar-refractivity contribution is -0.137. The molecule has 1 unspecified atom stereocenters. The van der Waals surface area contributed by atoms with E-state index < -0.39 is 16.0 Å². The Morgan fingerprint density at radius 1 is 1.07 bits per heavy atom. The zero-order chi connectivity index (χ0) is 20.1. The Labute approximate surface area is 170 Å². The molecule has 0 aromatic heterocycles. The molecule has 3 rings (SSSR count). The maximum absolute atomic E-state index is 12.4. The summed E-state index contributed by atoms with van der Waals surface area (Å²) in [5, 5.41) is 9.21. The number of halogens is 1. The van der Waals surface area contributed by atoms with Crippen LogP contribution in [0.2, 0.25) is 5.02 Å². The van der Waals surface area contributed by atoms with E-state index in [1.54, 1.807) is 12.1 Å². The summed E-state index contributed by atoms with van der Waals surface area (Å²) >= 11 is 5.82. The van der Waals surface area contributed by atoms with Gasteiger partial charge in [0.2, 0.25) is 10.0 Å². The summed E-state index contributed by atoms with van der Waals surface area (Å²) in [4.78, 5) is 10.8. The molecule has 0 aliphatic heterocycles. The molecule has 0 saturated carbocycles. The Kier molecular flexibility index (Phi) is 6.75. The van der Waals surface area contributed by atoms with Crippen molar-refractivity contribution in [1.29, 1.82) is 0 Å². The van der Waals surface area contributed by atoms with Crippen molar-refractivity contribution in [2.75, 3.05) is 6.54 Å². The number of nitrogens with one attached hydrogen (secondary N) is 1. The summed E-state index contributed by atoms with van der Waals surface area (Å²) in [5.74, 6) is -0.516. The average molecular weight is 422 g/mol. The van der Waals surface area contributed by atoms with Crippen molar-refractivity contribution in [3.05, 3.63) is 64.2 Å². The molecular formula is C21H24ClNO4S. The van der Waals surface area contributed by atoms with Crippen molar-refractivity contribution < 1.29 is 18.3 Å². The molecule has 2 aromatic carbocycles. The Morgan fingerprint density at radius 3 is 2.50 bits per heavy atom. The number of sulfonamides is 1. The second-order valence-electron chi connectivity index (χ2n) is 7.28. The van der Waals surface area contributed by atoms with Crippen LogP contribution in [-0.4, -0.2) is 26.0 Å². The molecule has 0 saturated heterocycles. The smallest absolute Gasteiger partial charge is 0.303 e. The Morgan fingerprint density at radius 2 is 1.79 bits per heavy atom. The molecule has 1 aliphatic rings. The molecule has 0 amide bonds. The highest BCUT2D eigenvalue weighted by Crippen LogP contribution is 2.28. The van der Waals surface area contributed by atoms with E-state index in [9.17, 15) is 13.2 Å². The summed E-state index contributed by atoms with van der Waals surface area (Å²) in [7, 11) is -3.54. The third kappa shape index (κ3) is 5.56. The van der Waals surface area contributed by atoms with Gasteiger partial charge in [-0.05, 0) is 79.0 Å². The van der Waals surface area contributed by atoms with Crippen molar-refractivity contribution in [2.24, 2.45) is 5.92 Å². The van der Waals surface area contributed by atoms with Crippen LogP contribution in [0.3, 0.4) is 0 Å². The van der Waals surface area contributed by atoms with Gasteiger partial charge in [0.15, 0.2) is 0 Å². The van der Waals surface area contributed by atoms with Crippen LogP contribution in [0.25, 0.3) is 0 Å². The van der Waals surface area contributed by atoms with Crippen LogP contribution in [0.5, 0.6) is 0 Å². The summed E-state index contributed by atoms with van der Waals surface area (Å²) in [6, 6.07) is 12.5. The molecule has 5 nitrogen and oxygen atoms in total. The lowest BCUT2D eigenvalue weighted by atomic mass is 10.0. The highest BCUT2D eigenvalue weighted by atomic mass is 35.5. The number of unbranched alkanes of at least 4 members (excludes halogenated alkanes) is 1. The molecule has 0 heterocycles. The van der Waals surface area contributed by atoms with Crippen molar-refractivity contribution in [2.45, 2.75) is 43.4 Å². The van der Waals surface area contributed by atoms with Crippen LogP contribution >= 0.6 is 11.6 Å². The van der Waals surface area contributed by atoms with E-state index in [-0.39, 0.29) is 17.2 Å². The fraction of sp³-hybridized carbons (Fsp3) is 0.381. The van der Waals surface area contributed by atoms with Crippen molar-refractivity contribution in [1.82, 2.24) is 4.72 Å². The zero-order valence-electron chi connectivity index (χ0n) is 15.5. The monoisotopic (exact) mass is 421 g/mol. The van der Waals surface area contributed by atoms with Gasteiger partial charge >= 0.3 is 5.97 Å². The first kappa shape index (κ1) is 20.8. The third-order valence-corrected chi connectivity index (χ3v) is 6.77. The minimum absolute atomic E-state index is 0.209. The molecule has 0 radical (unpaired) electrons. The van der Waals surface area contributed by atoms with E-state index in [2.05, 4.69) is 22.9 Å². The van der Waals surface area contributed by atoms with Gasteiger partial charge in [0.25, 0.3) is 0 Å². The van der Waals surface area contributed by atoms with Gasteiger partial charge < -0.3 is 5.11 Å². The fourth-order valence-corrected chi connectivity index (χ4v) is 4.83. The van der Waals surface area contributed by atoms with Gasteiger partial charge in [-0.1, -0.05) is 29.8 Å². The molecule has 0 spiro atoms. The van der Waals surface area contributed by atoms with Gasteiger partial charge in [0.1, 0.15) is 0 Å². The normalized spacial score (nSPS) is 16.1. The summed E-state index contributed by atoms with van der Waals surface area (Å²) in [5.41, 5.74) is 3.75. The molecule has 7 heteroatoms. The lowest BCUT2D eigenvalue weighted by Crippen LogP contribution is -2.29. The fourth-order valence-electron chi connectivity index (χ4n) is 3.59. The second-order valence-corrected chi connectivity index (χ2v) is 9.49. The molecule has 0 fully saturated rings. The van der Waals surface area contributed by atoms with Crippen LogP contribution < -0.4 is 4.72 Å². The molecule has 0 bridgehead atoms. The number of rotatable bonds is 9. The molecule has 28 heavy (non-hydrogen) atoms. The lowest BCUT2D eigenvalue weighted by Gasteiger charge is -2.11. The van der Waals surface area contributed by atoms with E-state index in [4.69, 9.17) is 16.7 Å². The van der Waals surface area contributed by atoms with Gasteiger partial charge in [-0.15, -0.1) is 0 Å². The van der Waals surface area contributed by atoms with Crippen LogP contribution in [-0.2, 0) is 34.1 Å². The minimum atomic E-state index is -3.54. The number of carboxylic acid groups (broad SMARTS) is 1. The molecule has 150 valence electrons. The van der Waals surface area contributed by atoms with E-state index in [0.29, 0.717) is 18.0 Å². The Hall–Kier alpha value is -1.89. The number of aliphatic carboxylic acids is 1. The number of benzene rings is 2. The van der Waals surface area contributed by atoms with Crippen molar-refractivity contribution >= 4 is 27.6 Å². The number of aryl methyl sites for hydroxylation is 1. The van der Waals surface area contributed by atoms with Crippen LogP contribution in [0, 0.1) is 5.92 Å². The average Bonchev–Trinajstić information content (AvgIpc) is 3.06. The first-order valence-electron chi connectivity index (χ1n) is 9.41. The van der Waals surface area contributed by atoms with Crippen molar-refractivity contribution in [3.8, 4) is 0 Å². The summed E-state index contributed by atoms with van der Waals surface area (Å²) < 4.78 is 27.6.